The second-order valence-corrected chi connectivity index (χ2v) is 4.97. The number of hydrogen-bond acceptors (Lipinski definition) is 3. The molecule has 2 aromatic rings. The Bertz CT molecular complexity index is 495. The lowest BCUT2D eigenvalue weighted by molar-refractivity contribution is 0.556. The Morgan fingerprint density at radius 3 is 2.63 bits per heavy atom. The van der Waals surface area contributed by atoms with Crippen molar-refractivity contribution < 1.29 is 0 Å². The molecule has 0 aliphatic carbocycles. The summed E-state index contributed by atoms with van der Waals surface area (Å²) in [5, 5.41) is 4.12. The van der Waals surface area contributed by atoms with Crippen LogP contribution in [0.25, 0.3) is 0 Å². The van der Waals surface area contributed by atoms with Crippen LogP contribution in [-0.2, 0) is 12.8 Å². The van der Waals surface area contributed by atoms with Gasteiger partial charge < -0.3 is 11.1 Å². The number of hydrogen-bond donors (Lipinski definition) is 2. The van der Waals surface area contributed by atoms with E-state index in [0.717, 1.165) is 34.7 Å². The number of nitrogen functional groups attached to an aromatic ring is 1. The summed E-state index contributed by atoms with van der Waals surface area (Å²) in [5.41, 5.74) is 8.95. The average Bonchev–Trinajstić information content (AvgIpc) is 2.42. The van der Waals surface area contributed by atoms with E-state index in [0.29, 0.717) is 0 Å². The van der Waals surface area contributed by atoms with Gasteiger partial charge in [-0.05, 0) is 43.1 Å². The lowest BCUT2D eigenvalue weighted by Crippen LogP contribution is -2.30. The first-order chi connectivity index (χ1) is 9.20. The van der Waals surface area contributed by atoms with E-state index in [1.807, 2.05) is 37.5 Å². The molecule has 3 N–H and O–H groups in total. The van der Waals surface area contributed by atoms with Gasteiger partial charge in [-0.1, -0.05) is 29.8 Å². The summed E-state index contributed by atoms with van der Waals surface area (Å²) in [6.07, 6.45) is 5.24. The molecule has 0 bridgehead atoms. The molecule has 19 heavy (non-hydrogen) atoms. The van der Waals surface area contributed by atoms with E-state index in [1.165, 1.54) is 0 Å². The smallest absolute Gasteiger partial charge is 0.0438 e. The highest BCUT2D eigenvalue weighted by molar-refractivity contribution is 6.31. The second kappa shape index (κ2) is 6.55. The van der Waals surface area contributed by atoms with Gasteiger partial charge in [-0.3, -0.25) is 4.98 Å². The number of pyridine rings is 1. The molecule has 1 unspecified atom stereocenters. The summed E-state index contributed by atoms with van der Waals surface area (Å²) in [5.74, 6) is 0. The van der Waals surface area contributed by atoms with Crippen LogP contribution in [-0.4, -0.2) is 18.1 Å². The number of nitrogens with zero attached hydrogens (tertiary/aromatic N) is 1. The van der Waals surface area contributed by atoms with Gasteiger partial charge in [0.1, 0.15) is 0 Å². The monoisotopic (exact) mass is 275 g/mol. The SMILES string of the molecule is CNC(Cc1cnccc1N)Cc1ccccc1Cl. The molecule has 1 atom stereocenters. The largest absolute Gasteiger partial charge is 0.398 e. The van der Waals surface area contributed by atoms with Crippen molar-refractivity contribution >= 4 is 17.3 Å². The van der Waals surface area contributed by atoms with Crippen LogP contribution in [0.5, 0.6) is 0 Å². The van der Waals surface area contributed by atoms with E-state index in [1.54, 1.807) is 6.20 Å². The van der Waals surface area contributed by atoms with Gasteiger partial charge in [-0.2, -0.15) is 0 Å². The minimum atomic E-state index is 0.284. The highest BCUT2D eigenvalue weighted by Gasteiger charge is 2.12. The molecule has 1 aromatic heterocycles. The standard InChI is InChI=1S/C15H18ClN3/c1-18-13(8-11-4-2-3-5-14(11)16)9-12-10-19-7-6-15(12)17/h2-7,10,13,18H,8-9H2,1H3,(H2,17,19). The maximum Gasteiger partial charge on any atom is 0.0438 e. The van der Waals surface area contributed by atoms with Crippen molar-refractivity contribution in [2.24, 2.45) is 0 Å². The molecule has 0 spiro atoms. The van der Waals surface area contributed by atoms with Crippen LogP contribution >= 0.6 is 11.6 Å². The van der Waals surface area contributed by atoms with Gasteiger partial charge in [0.15, 0.2) is 0 Å². The number of aromatic nitrogens is 1. The van der Waals surface area contributed by atoms with Crippen molar-refractivity contribution in [3.63, 3.8) is 0 Å². The van der Waals surface area contributed by atoms with Crippen LogP contribution in [0.15, 0.2) is 42.7 Å². The normalized spacial score (nSPS) is 12.3. The Hall–Kier alpha value is -1.58. The van der Waals surface area contributed by atoms with Crippen LogP contribution in [0.1, 0.15) is 11.1 Å². The summed E-state index contributed by atoms with van der Waals surface area (Å²) in [6, 6.07) is 10.0. The zero-order valence-electron chi connectivity index (χ0n) is 10.9. The number of likely N-dealkylation sites (N-methyl/N-ethyl adjacent to an activating group) is 1. The van der Waals surface area contributed by atoms with Crippen molar-refractivity contribution in [1.82, 2.24) is 10.3 Å². The number of halogens is 1. The molecule has 0 aliphatic rings. The number of anilines is 1. The predicted molar refractivity (Wildman–Crippen MR) is 80.4 cm³/mol. The molecule has 2 rings (SSSR count). The Morgan fingerprint density at radius 1 is 1.21 bits per heavy atom. The fourth-order valence-corrected chi connectivity index (χ4v) is 2.29. The van der Waals surface area contributed by atoms with Crippen molar-refractivity contribution in [3.8, 4) is 0 Å². The molecule has 0 radical (unpaired) electrons. The van der Waals surface area contributed by atoms with Gasteiger partial charge in [0.25, 0.3) is 0 Å². The first kappa shape index (κ1) is 13.8. The van der Waals surface area contributed by atoms with E-state index >= 15 is 0 Å². The van der Waals surface area contributed by atoms with E-state index in [-0.39, 0.29) is 6.04 Å². The maximum absolute atomic E-state index is 6.19. The van der Waals surface area contributed by atoms with Gasteiger partial charge in [-0.25, -0.2) is 0 Å². The molecule has 0 saturated carbocycles. The van der Waals surface area contributed by atoms with E-state index in [2.05, 4.69) is 16.4 Å². The highest BCUT2D eigenvalue weighted by Crippen LogP contribution is 2.19. The zero-order valence-corrected chi connectivity index (χ0v) is 11.7. The van der Waals surface area contributed by atoms with Gasteiger partial charge in [-0.15, -0.1) is 0 Å². The van der Waals surface area contributed by atoms with Crippen LogP contribution in [0.4, 0.5) is 5.69 Å². The summed E-state index contributed by atoms with van der Waals surface area (Å²) in [4.78, 5) is 4.12. The summed E-state index contributed by atoms with van der Waals surface area (Å²) >= 11 is 6.19. The van der Waals surface area contributed by atoms with Gasteiger partial charge in [0.2, 0.25) is 0 Å². The zero-order chi connectivity index (χ0) is 13.7. The fraction of sp³-hybridized carbons (Fsp3) is 0.267. The number of rotatable bonds is 5. The minimum Gasteiger partial charge on any atom is -0.398 e. The molecule has 0 amide bonds. The third-order valence-electron chi connectivity index (χ3n) is 3.24. The van der Waals surface area contributed by atoms with Crippen LogP contribution in [0, 0.1) is 0 Å². The predicted octanol–water partition coefficient (Wildman–Crippen LogP) is 2.69. The first-order valence-corrected chi connectivity index (χ1v) is 6.67. The molecule has 0 aliphatic heterocycles. The average molecular weight is 276 g/mol. The molecule has 3 nitrogen and oxygen atoms in total. The molecule has 100 valence electrons. The molecule has 1 heterocycles. The first-order valence-electron chi connectivity index (χ1n) is 6.29. The molecular weight excluding hydrogens is 258 g/mol. The molecule has 4 heteroatoms. The maximum atomic E-state index is 6.19. The van der Waals surface area contributed by atoms with Crippen LogP contribution < -0.4 is 11.1 Å². The van der Waals surface area contributed by atoms with Crippen molar-refractivity contribution in [2.45, 2.75) is 18.9 Å². The van der Waals surface area contributed by atoms with Crippen LogP contribution in [0.2, 0.25) is 5.02 Å². The third-order valence-corrected chi connectivity index (χ3v) is 3.61. The van der Waals surface area contributed by atoms with E-state index in [9.17, 15) is 0 Å². The van der Waals surface area contributed by atoms with Crippen LogP contribution in [0.3, 0.4) is 0 Å². The lowest BCUT2D eigenvalue weighted by atomic mass is 9.99. The minimum absolute atomic E-state index is 0.284. The Balaban J connectivity index is 2.09. The van der Waals surface area contributed by atoms with E-state index in [4.69, 9.17) is 17.3 Å². The molecule has 0 fully saturated rings. The van der Waals surface area contributed by atoms with E-state index < -0.39 is 0 Å². The Kier molecular flexibility index (Phi) is 4.77. The molecule has 1 aromatic carbocycles. The quantitative estimate of drug-likeness (QED) is 0.882. The second-order valence-electron chi connectivity index (χ2n) is 4.56. The summed E-state index contributed by atoms with van der Waals surface area (Å²) in [7, 11) is 1.95. The number of benzene rings is 1. The van der Waals surface area contributed by atoms with Gasteiger partial charge in [0.05, 0.1) is 0 Å². The van der Waals surface area contributed by atoms with Gasteiger partial charge in [0, 0.05) is 29.1 Å². The van der Waals surface area contributed by atoms with Crippen molar-refractivity contribution in [3.05, 3.63) is 58.9 Å². The lowest BCUT2D eigenvalue weighted by Gasteiger charge is -2.17. The topological polar surface area (TPSA) is 50.9 Å². The number of nitrogens with two attached hydrogens (primary N) is 1. The highest BCUT2D eigenvalue weighted by atomic mass is 35.5. The van der Waals surface area contributed by atoms with Crippen molar-refractivity contribution in [1.29, 1.82) is 0 Å². The number of nitrogens with one attached hydrogen (secondary N) is 1. The molecule has 0 saturated heterocycles. The van der Waals surface area contributed by atoms with Gasteiger partial charge >= 0.3 is 0 Å². The summed E-state index contributed by atoms with van der Waals surface area (Å²) < 4.78 is 0. The fourth-order valence-electron chi connectivity index (χ4n) is 2.08. The van der Waals surface area contributed by atoms with Crippen molar-refractivity contribution in [2.75, 3.05) is 12.8 Å². The third kappa shape index (κ3) is 3.69. The molecular formula is C15H18ClN3. The Morgan fingerprint density at radius 2 is 1.95 bits per heavy atom. The summed E-state index contributed by atoms with van der Waals surface area (Å²) in [6.45, 7) is 0. The Labute approximate surface area is 118 Å².